The van der Waals surface area contributed by atoms with Crippen LogP contribution in [0.25, 0.3) is 0 Å². The number of aromatic nitrogens is 2. The topological polar surface area (TPSA) is 41.1 Å². The van der Waals surface area contributed by atoms with Crippen LogP contribution in [0.4, 0.5) is 21.8 Å². The second-order valence-corrected chi connectivity index (χ2v) is 4.30. The molecule has 0 bridgehead atoms. The summed E-state index contributed by atoms with van der Waals surface area (Å²) in [4.78, 5) is 10.2. The monoisotopic (exact) mass is 266 g/mol. The zero-order chi connectivity index (χ0) is 13.1. The summed E-state index contributed by atoms with van der Waals surface area (Å²) in [5.41, 5.74) is 0.671. The van der Waals surface area contributed by atoms with Gasteiger partial charge in [0, 0.05) is 26.0 Å². The fourth-order valence-corrected chi connectivity index (χ4v) is 1.54. The number of benzene rings is 1. The first-order chi connectivity index (χ1) is 8.56. The van der Waals surface area contributed by atoms with Gasteiger partial charge in [0.1, 0.15) is 11.6 Å². The lowest BCUT2D eigenvalue weighted by molar-refractivity contribution is 0.628. The lowest BCUT2D eigenvalue weighted by Crippen LogP contribution is -2.13. The number of halogens is 2. The Morgan fingerprint density at radius 1 is 1.28 bits per heavy atom. The summed E-state index contributed by atoms with van der Waals surface area (Å²) in [6, 6.07) is 6.13. The van der Waals surface area contributed by atoms with Crippen LogP contribution in [0.2, 0.25) is 5.02 Å². The summed E-state index contributed by atoms with van der Waals surface area (Å²) >= 11 is 5.71. The predicted molar refractivity (Wildman–Crippen MR) is 71.1 cm³/mol. The highest BCUT2D eigenvalue weighted by Gasteiger charge is 2.04. The van der Waals surface area contributed by atoms with Crippen molar-refractivity contribution in [3.63, 3.8) is 0 Å². The number of nitrogens with zero attached hydrogens (tertiary/aromatic N) is 3. The van der Waals surface area contributed by atoms with Crippen LogP contribution < -0.4 is 10.2 Å². The van der Waals surface area contributed by atoms with Crippen molar-refractivity contribution in [2.75, 3.05) is 24.3 Å². The van der Waals surface area contributed by atoms with Gasteiger partial charge in [-0.05, 0) is 24.3 Å². The van der Waals surface area contributed by atoms with Gasteiger partial charge in [-0.2, -0.15) is 4.98 Å². The Labute approximate surface area is 109 Å². The minimum atomic E-state index is -0.445. The van der Waals surface area contributed by atoms with E-state index in [1.54, 1.807) is 23.2 Å². The molecule has 4 nitrogen and oxygen atoms in total. The molecule has 0 unspecified atom stereocenters. The molecule has 1 aromatic carbocycles. The predicted octanol–water partition coefficient (Wildman–Crippen LogP) is 3.08. The molecule has 18 heavy (non-hydrogen) atoms. The molecule has 2 aromatic rings. The third kappa shape index (κ3) is 2.87. The van der Waals surface area contributed by atoms with Gasteiger partial charge >= 0.3 is 0 Å². The average molecular weight is 267 g/mol. The summed E-state index contributed by atoms with van der Waals surface area (Å²) in [5, 5.41) is 3.11. The van der Waals surface area contributed by atoms with E-state index in [9.17, 15) is 4.39 Å². The van der Waals surface area contributed by atoms with Crippen LogP contribution in [0.3, 0.4) is 0 Å². The largest absolute Gasteiger partial charge is 0.347 e. The van der Waals surface area contributed by atoms with Crippen molar-refractivity contribution in [2.45, 2.75) is 0 Å². The highest BCUT2D eigenvalue weighted by molar-refractivity contribution is 6.31. The van der Waals surface area contributed by atoms with Crippen molar-refractivity contribution in [1.82, 2.24) is 9.97 Å². The van der Waals surface area contributed by atoms with Gasteiger partial charge in [0.05, 0.1) is 5.02 Å². The molecule has 0 aliphatic carbocycles. The Hall–Kier alpha value is -1.88. The van der Waals surface area contributed by atoms with Crippen molar-refractivity contribution in [1.29, 1.82) is 0 Å². The van der Waals surface area contributed by atoms with E-state index < -0.39 is 5.82 Å². The molecular formula is C12H12ClFN4. The molecular weight excluding hydrogens is 255 g/mol. The van der Waals surface area contributed by atoms with E-state index in [-0.39, 0.29) is 5.02 Å². The zero-order valence-electron chi connectivity index (χ0n) is 9.98. The van der Waals surface area contributed by atoms with E-state index in [0.717, 1.165) is 0 Å². The summed E-state index contributed by atoms with van der Waals surface area (Å²) in [7, 11) is 3.71. The number of anilines is 3. The maximum atomic E-state index is 13.0. The van der Waals surface area contributed by atoms with Gasteiger partial charge in [0.25, 0.3) is 0 Å². The fourth-order valence-electron chi connectivity index (χ4n) is 1.36. The van der Waals surface area contributed by atoms with Crippen molar-refractivity contribution in [3.05, 3.63) is 41.3 Å². The van der Waals surface area contributed by atoms with Gasteiger partial charge in [0.15, 0.2) is 0 Å². The summed E-state index contributed by atoms with van der Waals surface area (Å²) < 4.78 is 13.0. The number of hydrogen-bond donors (Lipinski definition) is 1. The van der Waals surface area contributed by atoms with Crippen LogP contribution in [-0.2, 0) is 0 Å². The number of rotatable bonds is 3. The Bertz CT molecular complexity index is 560. The molecule has 6 heteroatoms. The highest BCUT2D eigenvalue weighted by Crippen LogP contribution is 2.22. The maximum Gasteiger partial charge on any atom is 0.226 e. The van der Waals surface area contributed by atoms with Crippen LogP contribution in [-0.4, -0.2) is 24.1 Å². The molecule has 1 heterocycles. The molecule has 1 aromatic heterocycles. The van der Waals surface area contributed by atoms with Gasteiger partial charge in [0.2, 0.25) is 5.95 Å². The van der Waals surface area contributed by atoms with Crippen LogP contribution in [0.15, 0.2) is 30.5 Å². The third-order valence-corrected chi connectivity index (χ3v) is 2.52. The van der Waals surface area contributed by atoms with Crippen molar-refractivity contribution >= 4 is 29.1 Å². The van der Waals surface area contributed by atoms with Crippen LogP contribution in [0, 0.1) is 5.82 Å². The molecule has 0 radical (unpaired) electrons. The average Bonchev–Trinajstić information content (AvgIpc) is 2.34. The molecule has 0 saturated heterocycles. The molecule has 0 fully saturated rings. The molecule has 0 aliphatic heterocycles. The van der Waals surface area contributed by atoms with E-state index in [4.69, 9.17) is 11.6 Å². The Balaban J connectivity index is 2.23. The summed E-state index contributed by atoms with van der Waals surface area (Å²) in [6.07, 6.45) is 1.65. The van der Waals surface area contributed by atoms with Crippen LogP contribution in [0.5, 0.6) is 0 Å². The molecule has 2 rings (SSSR count). The second kappa shape index (κ2) is 5.18. The first-order valence-electron chi connectivity index (χ1n) is 5.29. The molecule has 0 saturated carbocycles. The molecule has 94 valence electrons. The minimum Gasteiger partial charge on any atom is -0.347 e. The Morgan fingerprint density at radius 3 is 2.72 bits per heavy atom. The van der Waals surface area contributed by atoms with Crippen molar-refractivity contribution in [3.8, 4) is 0 Å². The lowest BCUT2D eigenvalue weighted by Gasteiger charge is -2.11. The smallest absolute Gasteiger partial charge is 0.226 e. The minimum absolute atomic E-state index is 0.0712. The van der Waals surface area contributed by atoms with Crippen molar-refractivity contribution in [2.24, 2.45) is 0 Å². The van der Waals surface area contributed by atoms with Crippen LogP contribution >= 0.6 is 11.6 Å². The van der Waals surface area contributed by atoms with Crippen molar-refractivity contribution < 1.29 is 4.39 Å². The molecule has 0 amide bonds. The number of nitrogens with one attached hydrogen (secondary N) is 1. The standard InChI is InChI=1S/C12H12ClFN4/c1-18(2)12-15-6-5-11(17-12)16-8-3-4-10(14)9(13)7-8/h3-7H,1-2H3,(H,15,16,17). The molecule has 0 aliphatic rings. The van der Waals surface area contributed by atoms with Gasteiger partial charge in [-0.3, -0.25) is 0 Å². The van der Waals surface area contributed by atoms with E-state index in [0.29, 0.717) is 17.5 Å². The van der Waals surface area contributed by atoms with Gasteiger partial charge < -0.3 is 10.2 Å². The van der Waals surface area contributed by atoms with Crippen LogP contribution in [0.1, 0.15) is 0 Å². The van der Waals surface area contributed by atoms with E-state index in [1.165, 1.54) is 12.1 Å². The second-order valence-electron chi connectivity index (χ2n) is 3.89. The Morgan fingerprint density at radius 2 is 2.06 bits per heavy atom. The molecule has 0 spiro atoms. The first-order valence-corrected chi connectivity index (χ1v) is 5.66. The summed E-state index contributed by atoms with van der Waals surface area (Å²) in [6.45, 7) is 0. The first kappa shape index (κ1) is 12.6. The summed E-state index contributed by atoms with van der Waals surface area (Å²) in [5.74, 6) is 0.767. The molecule has 0 atom stereocenters. The quantitative estimate of drug-likeness (QED) is 0.927. The lowest BCUT2D eigenvalue weighted by atomic mass is 10.3. The highest BCUT2D eigenvalue weighted by atomic mass is 35.5. The van der Waals surface area contributed by atoms with E-state index in [2.05, 4.69) is 15.3 Å². The van der Waals surface area contributed by atoms with E-state index >= 15 is 0 Å². The SMILES string of the molecule is CN(C)c1nccc(Nc2ccc(F)c(Cl)c2)n1. The number of hydrogen-bond acceptors (Lipinski definition) is 4. The van der Waals surface area contributed by atoms with E-state index in [1.807, 2.05) is 14.1 Å². The molecule has 1 N–H and O–H groups in total. The third-order valence-electron chi connectivity index (χ3n) is 2.23. The Kier molecular flexibility index (Phi) is 3.62. The maximum absolute atomic E-state index is 13.0. The fraction of sp³-hybridized carbons (Fsp3) is 0.167. The normalized spacial score (nSPS) is 10.2. The van der Waals surface area contributed by atoms with Gasteiger partial charge in [-0.15, -0.1) is 0 Å². The van der Waals surface area contributed by atoms with Gasteiger partial charge in [-0.25, -0.2) is 9.37 Å². The zero-order valence-corrected chi connectivity index (χ0v) is 10.7. The van der Waals surface area contributed by atoms with Gasteiger partial charge in [-0.1, -0.05) is 11.6 Å².